The van der Waals surface area contributed by atoms with Crippen molar-refractivity contribution in [2.75, 3.05) is 0 Å². The van der Waals surface area contributed by atoms with E-state index < -0.39 is 17.7 Å². The number of halogens is 3. The molecule has 0 aliphatic carbocycles. The Hall–Kier alpha value is -1.85. The SMILES string of the molecule is Cc1cc(C(NN)c2ccc(C)c(F)c2F)ccc1F. The average molecular weight is 280 g/mol. The molecule has 0 aliphatic rings. The lowest BCUT2D eigenvalue weighted by molar-refractivity contribution is 0.478. The second-order valence-corrected chi connectivity index (χ2v) is 4.71. The van der Waals surface area contributed by atoms with Gasteiger partial charge in [-0.2, -0.15) is 0 Å². The van der Waals surface area contributed by atoms with Crippen molar-refractivity contribution in [2.45, 2.75) is 19.9 Å². The Balaban J connectivity index is 2.52. The van der Waals surface area contributed by atoms with Crippen LogP contribution in [0.2, 0.25) is 0 Å². The third kappa shape index (κ3) is 2.55. The van der Waals surface area contributed by atoms with Gasteiger partial charge in [0.05, 0.1) is 6.04 Å². The third-order valence-electron chi connectivity index (χ3n) is 3.30. The number of hydrogen-bond donors (Lipinski definition) is 2. The van der Waals surface area contributed by atoms with Crippen LogP contribution in [-0.4, -0.2) is 0 Å². The van der Waals surface area contributed by atoms with Gasteiger partial charge in [0.1, 0.15) is 5.82 Å². The fourth-order valence-corrected chi connectivity index (χ4v) is 2.10. The zero-order chi connectivity index (χ0) is 14.9. The number of benzene rings is 2. The van der Waals surface area contributed by atoms with Crippen molar-refractivity contribution in [2.24, 2.45) is 5.84 Å². The minimum absolute atomic E-state index is 0.0848. The van der Waals surface area contributed by atoms with E-state index in [0.29, 0.717) is 11.1 Å². The molecule has 0 aromatic heterocycles. The first-order valence-corrected chi connectivity index (χ1v) is 6.12. The predicted molar refractivity (Wildman–Crippen MR) is 71.4 cm³/mol. The van der Waals surface area contributed by atoms with Gasteiger partial charge in [0, 0.05) is 5.56 Å². The molecule has 0 saturated heterocycles. The lowest BCUT2D eigenvalue weighted by Crippen LogP contribution is -2.30. The van der Waals surface area contributed by atoms with Gasteiger partial charge in [-0.1, -0.05) is 24.3 Å². The van der Waals surface area contributed by atoms with Crippen molar-refractivity contribution < 1.29 is 13.2 Å². The van der Waals surface area contributed by atoms with Gasteiger partial charge in [-0.25, -0.2) is 18.6 Å². The molecule has 1 unspecified atom stereocenters. The Labute approximate surface area is 115 Å². The van der Waals surface area contributed by atoms with Crippen LogP contribution in [0.1, 0.15) is 28.3 Å². The van der Waals surface area contributed by atoms with Crippen molar-refractivity contribution in [1.29, 1.82) is 0 Å². The fourth-order valence-electron chi connectivity index (χ4n) is 2.10. The standard InChI is InChI=1S/C15H15F3N2/c1-8-3-5-11(14(18)13(8)17)15(20-19)10-4-6-12(16)9(2)7-10/h3-7,15,20H,19H2,1-2H3. The van der Waals surface area contributed by atoms with E-state index in [-0.39, 0.29) is 16.9 Å². The summed E-state index contributed by atoms with van der Waals surface area (Å²) in [6, 6.07) is 6.52. The molecule has 0 heterocycles. The van der Waals surface area contributed by atoms with Crippen LogP contribution in [-0.2, 0) is 0 Å². The summed E-state index contributed by atoms with van der Waals surface area (Å²) in [6.07, 6.45) is 0. The Morgan fingerprint density at radius 2 is 1.65 bits per heavy atom. The van der Waals surface area contributed by atoms with E-state index in [9.17, 15) is 13.2 Å². The van der Waals surface area contributed by atoms with E-state index in [1.54, 1.807) is 13.0 Å². The van der Waals surface area contributed by atoms with Gasteiger partial charge in [-0.3, -0.25) is 5.84 Å². The van der Waals surface area contributed by atoms with Crippen LogP contribution >= 0.6 is 0 Å². The number of nitrogens with two attached hydrogens (primary N) is 1. The van der Waals surface area contributed by atoms with E-state index in [1.807, 2.05) is 0 Å². The van der Waals surface area contributed by atoms with Crippen LogP contribution < -0.4 is 11.3 Å². The van der Waals surface area contributed by atoms with Crippen molar-refractivity contribution in [3.05, 3.63) is 70.0 Å². The minimum atomic E-state index is -0.949. The largest absolute Gasteiger partial charge is 0.271 e. The smallest absolute Gasteiger partial charge is 0.164 e. The third-order valence-corrected chi connectivity index (χ3v) is 3.30. The lowest BCUT2D eigenvalue weighted by atomic mass is 9.96. The summed E-state index contributed by atoms with van der Waals surface area (Å²) in [5.41, 5.74) is 3.72. The molecule has 0 aliphatic heterocycles. The zero-order valence-corrected chi connectivity index (χ0v) is 11.2. The number of nitrogens with one attached hydrogen (secondary N) is 1. The molecule has 2 nitrogen and oxygen atoms in total. The van der Waals surface area contributed by atoms with Crippen molar-refractivity contribution in [1.82, 2.24) is 5.43 Å². The van der Waals surface area contributed by atoms with Gasteiger partial charge in [-0.15, -0.1) is 0 Å². The molecule has 0 saturated carbocycles. The van der Waals surface area contributed by atoms with Crippen LogP contribution in [0.4, 0.5) is 13.2 Å². The van der Waals surface area contributed by atoms with Crippen LogP contribution in [0.15, 0.2) is 30.3 Å². The van der Waals surface area contributed by atoms with Crippen LogP contribution in [0, 0.1) is 31.3 Å². The van der Waals surface area contributed by atoms with Gasteiger partial charge < -0.3 is 0 Å². The molecule has 1 atom stereocenters. The maximum absolute atomic E-state index is 14.0. The van der Waals surface area contributed by atoms with Gasteiger partial charge in [0.15, 0.2) is 11.6 Å². The monoisotopic (exact) mass is 280 g/mol. The Kier molecular flexibility index (Phi) is 4.11. The van der Waals surface area contributed by atoms with Crippen LogP contribution in [0.3, 0.4) is 0 Å². The molecule has 20 heavy (non-hydrogen) atoms. The molecule has 2 rings (SSSR count). The number of aryl methyl sites for hydroxylation is 2. The van der Waals surface area contributed by atoms with Crippen LogP contribution in [0.5, 0.6) is 0 Å². The highest BCUT2D eigenvalue weighted by atomic mass is 19.2. The molecule has 2 aromatic carbocycles. The van der Waals surface area contributed by atoms with E-state index in [2.05, 4.69) is 5.43 Å². The Morgan fingerprint density at radius 3 is 2.25 bits per heavy atom. The summed E-state index contributed by atoms with van der Waals surface area (Å²) >= 11 is 0. The highest BCUT2D eigenvalue weighted by molar-refractivity contribution is 5.37. The van der Waals surface area contributed by atoms with Crippen molar-refractivity contribution >= 4 is 0 Å². The maximum Gasteiger partial charge on any atom is 0.164 e. The number of hydrazine groups is 1. The second kappa shape index (κ2) is 5.64. The van der Waals surface area contributed by atoms with Gasteiger partial charge in [0.25, 0.3) is 0 Å². The highest BCUT2D eigenvalue weighted by Gasteiger charge is 2.20. The predicted octanol–water partition coefficient (Wildman–Crippen LogP) is 3.27. The second-order valence-electron chi connectivity index (χ2n) is 4.71. The first-order chi connectivity index (χ1) is 9.45. The molecule has 0 bridgehead atoms. The van der Waals surface area contributed by atoms with Gasteiger partial charge >= 0.3 is 0 Å². The zero-order valence-electron chi connectivity index (χ0n) is 11.2. The molecule has 0 radical (unpaired) electrons. The van der Waals surface area contributed by atoms with Crippen LogP contribution in [0.25, 0.3) is 0 Å². The molecule has 0 amide bonds. The summed E-state index contributed by atoms with van der Waals surface area (Å²) in [5.74, 6) is 3.24. The molecule has 3 N–H and O–H groups in total. The van der Waals surface area contributed by atoms with Crippen molar-refractivity contribution in [3.8, 4) is 0 Å². The summed E-state index contributed by atoms with van der Waals surface area (Å²) in [5, 5.41) is 0. The number of hydrogen-bond acceptors (Lipinski definition) is 2. The van der Waals surface area contributed by atoms with Crippen molar-refractivity contribution in [3.63, 3.8) is 0 Å². The van der Waals surface area contributed by atoms with Gasteiger partial charge in [0.2, 0.25) is 0 Å². The highest BCUT2D eigenvalue weighted by Crippen LogP contribution is 2.27. The first-order valence-electron chi connectivity index (χ1n) is 6.12. The van der Waals surface area contributed by atoms with Gasteiger partial charge in [-0.05, 0) is 36.6 Å². The van der Waals surface area contributed by atoms with E-state index in [4.69, 9.17) is 5.84 Å². The first kappa shape index (κ1) is 14.6. The van der Waals surface area contributed by atoms with E-state index in [1.165, 1.54) is 31.2 Å². The normalized spacial score (nSPS) is 12.5. The lowest BCUT2D eigenvalue weighted by Gasteiger charge is -2.19. The molecular formula is C15H15F3N2. The molecule has 0 fully saturated rings. The molecule has 0 spiro atoms. The maximum atomic E-state index is 14.0. The summed E-state index contributed by atoms with van der Waals surface area (Å²) in [6.45, 7) is 3.08. The van der Waals surface area contributed by atoms with E-state index >= 15 is 0 Å². The minimum Gasteiger partial charge on any atom is -0.271 e. The Morgan fingerprint density at radius 1 is 0.950 bits per heavy atom. The topological polar surface area (TPSA) is 38.0 Å². The van der Waals surface area contributed by atoms with E-state index in [0.717, 1.165) is 0 Å². The summed E-state index contributed by atoms with van der Waals surface area (Å²) < 4.78 is 40.9. The Bertz CT molecular complexity index is 641. The quantitative estimate of drug-likeness (QED) is 0.669. The molecule has 106 valence electrons. The molecule has 2 aromatic rings. The molecule has 5 heteroatoms. The number of rotatable bonds is 3. The summed E-state index contributed by atoms with van der Waals surface area (Å²) in [4.78, 5) is 0. The average Bonchev–Trinajstić information content (AvgIpc) is 2.43. The summed E-state index contributed by atoms with van der Waals surface area (Å²) in [7, 11) is 0. The molecular weight excluding hydrogens is 265 g/mol. The fraction of sp³-hybridized carbons (Fsp3) is 0.200.